The molecule has 138 valence electrons. The molecule has 0 saturated carbocycles. The van der Waals surface area contributed by atoms with Crippen LogP contribution in [0.4, 0.5) is 0 Å². The highest BCUT2D eigenvalue weighted by Crippen LogP contribution is 2.37. The molecule has 28 heavy (non-hydrogen) atoms. The van der Waals surface area contributed by atoms with E-state index < -0.39 is 0 Å². The number of hydrogen-bond acceptors (Lipinski definition) is 0. The van der Waals surface area contributed by atoms with Gasteiger partial charge in [-0.1, -0.05) is 68.4 Å². The van der Waals surface area contributed by atoms with Crippen LogP contribution in [0.3, 0.4) is 0 Å². The van der Waals surface area contributed by atoms with Crippen molar-refractivity contribution in [3.05, 3.63) is 102 Å². The number of aryl methyl sites for hydroxylation is 2. The summed E-state index contributed by atoms with van der Waals surface area (Å²) < 4.78 is 0. The molecule has 0 fully saturated rings. The first kappa shape index (κ1) is 18.6. The molecule has 4 aromatic rings. The standard InChI is InChI=1S/C27H25S/c1-3-20-10-14-23(15-11-20)26-18-25(22-8-6-5-7-9-22)19-27(28-26)24-16-12-21(4-2)13-17-24/h5-19H,3-4H2,1-2H3/q+1. The van der Waals surface area contributed by atoms with Gasteiger partial charge in [-0.25, -0.2) is 0 Å². The molecule has 0 N–H and O–H groups in total. The molecule has 0 aliphatic carbocycles. The topological polar surface area (TPSA) is 0 Å². The Kier molecular flexibility index (Phi) is 5.64. The molecule has 1 heterocycles. The van der Waals surface area contributed by atoms with Gasteiger partial charge in [0.25, 0.3) is 0 Å². The van der Waals surface area contributed by atoms with Crippen molar-refractivity contribution >= 4 is 11.3 Å². The van der Waals surface area contributed by atoms with Crippen molar-refractivity contribution in [3.8, 4) is 32.0 Å². The Bertz CT molecular complexity index is 980. The zero-order valence-electron chi connectivity index (χ0n) is 16.5. The molecule has 1 heteroatoms. The van der Waals surface area contributed by atoms with Crippen molar-refractivity contribution in [1.82, 2.24) is 0 Å². The van der Waals surface area contributed by atoms with Crippen LogP contribution in [0, 0.1) is 0 Å². The van der Waals surface area contributed by atoms with Gasteiger partial charge in [0.2, 0.25) is 21.1 Å². The smallest absolute Gasteiger partial charge is 0.0622 e. The van der Waals surface area contributed by atoms with Gasteiger partial charge < -0.3 is 0 Å². The van der Waals surface area contributed by atoms with Crippen molar-refractivity contribution in [2.45, 2.75) is 26.7 Å². The van der Waals surface area contributed by atoms with E-state index in [0.29, 0.717) is 0 Å². The van der Waals surface area contributed by atoms with E-state index in [4.69, 9.17) is 0 Å². The highest BCUT2D eigenvalue weighted by Gasteiger charge is 2.19. The van der Waals surface area contributed by atoms with Gasteiger partial charge in [-0.3, -0.25) is 0 Å². The van der Waals surface area contributed by atoms with Gasteiger partial charge >= 0.3 is 0 Å². The molecule has 0 amide bonds. The first-order chi connectivity index (χ1) is 13.8. The normalized spacial score (nSPS) is 10.8. The van der Waals surface area contributed by atoms with Crippen LogP contribution >= 0.6 is 11.3 Å². The molecule has 1 aromatic heterocycles. The van der Waals surface area contributed by atoms with Crippen molar-refractivity contribution < 1.29 is 0 Å². The third-order valence-corrected chi connectivity index (χ3v) is 6.34. The predicted octanol–water partition coefficient (Wildman–Crippen LogP) is 8.16. The van der Waals surface area contributed by atoms with E-state index in [1.165, 1.54) is 43.1 Å². The van der Waals surface area contributed by atoms with Gasteiger partial charge in [0.05, 0.1) is 0 Å². The Morgan fingerprint density at radius 3 is 1.39 bits per heavy atom. The van der Waals surface area contributed by atoms with Crippen molar-refractivity contribution in [2.24, 2.45) is 0 Å². The summed E-state index contributed by atoms with van der Waals surface area (Å²) in [5.74, 6) is 0. The first-order valence-corrected chi connectivity index (χ1v) is 10.8. The summed E-state index contributed by atoms with van der Waals surface area (Å²) in [4.78, 5) is 2.61. The minimum atomic E-state index is 1.07. The number of benzene rings is 3. The Labute approximate surface area is 172 Å². The van der Waals surface area contributed by atoms with Crippen LogP contribution in [0.5, 0.6) is 0 Å². The molecule has 0 aliphatic rings. The van der Waals surface area contributed by atoms with Crippen molar-refractivity contribution in [2.75, 3.05) is 0 Å². The Balaban J connectivity index is 1.84. The highest BCUT2D eigenvalue weighted by atomic mass is 32.1. The van der Waals surface area contributed by atoms with E-state index in [-0.39, 0.29) is 0 Å². The van der Waals surface area contributed by atoms with E-state index in [9.17, 15) is 0 Å². The van der Waals surface area contributed by atoms with Crippen molar-refractivity contribution in [1.29, 1.82) is 0 Å². The van der Waals surface area contributed by atoms with Gasteiger partial charge in [-0.2, -0.15) is 0 Å². The van der Waals surface area contributed by atoms with Crippen molar-refractivity contribution in [3.63, 3.8) is 0 Å². The lowest BCUT2D eigenvalue weighted by Crippen LogP contribution is -1.85. The lowest BCUT2D eigenvalue weighted by Gasteiger charge is -2.04. The van der Waals surface area contributed by atoms with E-state index in [1.807, 2.05) is 11.3 Å². The summed E-state index contributed by atoms with van der Waals surface area (Å²) in [6.07, 6.45) is 2.14. The molecule has 0 spiro atoms. The molecular formula is C27H25S+. The zero-order valence-corrected chi connectivity index (χ0v) is 17.3. The lowest BCUT2D eigenvalue weighted by atomic mass is 10.0. The van der Waals surface area contributed by atoms with E-state index in [2.05, 4.69) is 105 Å². The van der Waals surface area contributed by atoms with E-state index >= 15 is 0 Å². The maximum Gasteiger partial charge on any atom is 0.239 e. The third kappa shape index (κ3) is 4.05. The number of rotatable bonds is 5. The second-order valence-electron chi connectivity index (χ2n) is 7.04. The fourth-order valence-corrected chi connectivity index (χ4v) is 4.51. The molecule has 0 unspecified atom stereocenters. The summed E-state index contributed by atoms with van der Waals surface area (Å²) in [7, 11) is 0. The van der Waals surface area contributed by atoms with Gasteiger partial charge in [-0.15, -0.1) is 0 Å². The first-order valence-electron chi connectivity index (χ1n) is 9.99. The summed E-state index contributed by atoms with van der Waals surface area (Å²) in [6.45, 7) is 4.40. The minimum absolute atomic E-state index is 1.07. The molecule has 4 rings (SSSR count). The maximum atomic E-state index is 2.32. The average Bonchev–Trinajstić information content (AvgIpc) is 2.79. The van der Waals surface area contributed by atoms with E-state index in [1.54, 1.807) is 0 Å². The van der Waals surface area contributed by atoms with Crippen LogP contribution in [0.1, 0.15) is 25.0 Å². The Morgan fingerprint density at radius 2 is 0.964 bits per heavy atom. The maximum absolute atomic E-state index is 2.32. The molecule has 0 radical (unpaired) electrons. The Hall–Kier alpha value is -2.77. The van der Waals surface area contributed by atoms with Crippen LogP contribution in [0.15, 0.2) is 91.0 Å². The Morgan fingerprint density at radius 1 is 0.500 bits per heavy atom. The molecule has 0 saturated heterocycles. The molecule has 0 aliphatic heterocycles. The van der Waals surface area contributed by atoms with Crippen LogP contribution in [-0.2, 0) is 12.8 Å². The number of hydrogen-bond donors (Lipinski definition) is 0. The molecular weight excluding hydrogens is 356 g/mol. The monoisotopic (exact) mass is 381 g/mol. The predicted molar refractivity (Wildman–Crippen MR) is 124 cm³/mol. The third-order valence-electron chi connectivity index (χ3n) is 5.19. The minimum Gasteiger partial charge on any atom is -0.0622 e. The van der Waals surface area contributed by atoms with Gasteiger partial charge in [0.1, 0.15) is 0 Å². The molecule has 0 atom stereocenters. The van der Waals surface area contributed by atoms with Crippen LogP contribution < -0.4 is 0 Å². The summed E-state index contributed by atoms with van der Waals surface area (Å²) in [6, 6.07) is 33.3. The van der Waals surface area contributed by atoms with Gasteiger partial charge in [0, 0.05) is 23.3 Å². The highest BCUT2D eigenvalue weighted by molar-refractivity contribution is 7.18. The lowest BCUT2D eigenvalue weighted by molar-refractivity contribution is 1.14. The zero-order chi connectivity index (χ0) is 19.3. The van der Waals surface area contributed by atoms with Gasteiger partial charge in [-0.05, 0) is 59.4 Å². The van der Waals surface area contributed by atoms with Gasteiger partial charge in [0.15, 0.2) is 0 Å². The fourth-order valence-electron chi connectivity index (χ4n) is 3.39. The summed E-state index contributed by atoms with van der Waals surface area (Å²) in [5, 5.41) is 0. The van der Waals surface area contributed by atoms with E-state index in [0.717, 1.165) is 12.8 Å². The second-order valence-corrected chi connectivity index (χ2v) is 8.13. The summed E-state index contributed by atoms with van der Waals surface area (Å²) in [5.41, 5.74) is 7.85. The molecule has 0 bridgehead atoms. The molecule has 3 aromatic carbocycles. The SMILES string of the molecule is CCc1ccc(-c2cc(-c3ccccc3)cc(-c3ccc(CC)cc3)[s+]2)cc1. The summed E-state index contributed by atoms with van der Waals surface area (Å²) >= 11 is 1.86. The quantitative estimate of drug-likeness (QED) is 0.306. The second kappa shape index (κ2) is 8.50. The van der Waals surface area contributed by atoms with Crippen LogP contribution in [0.2, 0.25) is 0 Å². The van der Waals surface area contributed by atoms with Crippen LogP contribution in [0.25, 0.3) is 32.0 Å². The van der Waals surface area contributed by atoms with Crippen LogP contribution in [-0.4, -0.2) is 0 Å². The molecule has 0 nitrogen and oxygen atoms in total. The fraction of sp³-hybridized carbons (Fsp3) is 0.148. The average molecular weight is 382 g/mol. The largest absolute Gasteiger partial charge is 0.239 e.